The van der Waals surface area contributed by atoms with Gasteiger partial charge in [-0.1, -0.05) is 12.1 Å². The zero-order chi connectivity index (χ0) is 13.1. The molecule has 94 valence electrons. The number of aromatic nitrogens is 1. The molecule has 2 amide bonds. The number of nitrogens with zero attached hydrogens (tertiary/aromatic N) is 1. The molecule has 4 nitrogen and oxygen atoms in total. The SMILES string of the molecule is Cc1cccc(NC(=O)Nc2nc(C)c(C)s2)c1. The van der Waals surface area contributed by atoms with E-state index in [1.54, 1.807) is 0 Å². The van der Waals surface area contributed by atoms with Crippen LogP contribution < -0.4 is 10.6 Å². The quantitative estimate of drug-likeness (QED) is 0.865. The number of nitrogens with one attached hydrogen (secondary N) is 2. The number of carbonyl (C=O) groups excluding carboxylic acids is 1. The summed E-state index contributed by atoms with van der Waals surface area (Å²) in [6, 6.07) is 7.39. The maximum atomic E-state index is 11.8. The van der Waals surface area contributed by atoms with Crippen LogP contribution in [0.1, 0.15) is 16.1 Å². The fraction of sp³-hybridized carbons (Fsp3) is 0.231. The molecule has 0 fully saturated rings. The Kier molecular flexibility index (Phi) is 3.62. The van der Waals surface area contributed by atoms with E-state index in [2.05, 4.69) is 15.6 Å². The van der Waals surface area contributed by atoms with Crippen molar-refractivity contribution in [1.29, 1.82) is 0 Å². The molecule has 1 aromatic heterocycles. The average molecular weight is 261 g/mol. The second-order valence-corrected chi connectivity index (χ2v) is 5.31. The summed E-state index contributed by atoms with van der Waals surface area (Å²) in [7, 11) is 0. The number of hydrogen-bond acceptors (Lipinski definition) is 3. The lowest BCUT2D eigenvalue weighted by molar-refractivity contribution is 0.262. The molecule has 2 N–H and O–H groups in total. The van der Waals surface area contributed by atoms with E-state index in [-0.39, 0.29) is 6.03 Å². The third-order valence-corrected chi connectivity index (χ3v) is 3.51. The van der Waals surface area contributed by atoms with Crippen molar-refractivity contribution in [2.24, 2.45) is 0 Å². The molecule has 1 aromatic carbocycles. The van der Waals surface area contributed by atoms with E-state index in [4.69, 9.17) is 0 Å². The number of thiazole rings is 1. The molecule has 2 rings (SSSR count). The Morgan fingerprint density at radius 1 is 1.22 bits per heavy atom. The van der Waals surface area contributed by atoms with E-state index in [0.717, 1.165) is 21.8 Å². The summed E-state index contributed by atoms with van der Waals surface area (Å²) in [5.41, 5.74) is 2.83. The van der Waals surface area contributed by atoms with E-state index in [9.17, 15) is 4.79 Å². The van der Waals surface area contributed by atoms with Gasteiger partial charge in [0.05, 0.1) is 5.69 Å². The van der Waals surface area contributed by atoms with Crippen molar-refractivity contribution in [3.8, 4) is 0 Å². The Morgan fingerprint density at radius 2 is 2.00 bits per heavy atom. The molecule has 5 heteroatoms. The first-order valence-electron chi connectivity index (χ1n) is 5.63. The predicted molar refractivity (Wildman–Crippen MR) is 75.4 cm³/mol. The van der Waals surface area contributed by atoms with Gasteiger partial charge < -0.3 is 5.32 Å². The van der Waals surface area contributed by atoms with Crippen LogP contribution in [-0.4, -0.2) is 11.0 Å². The van der Waals surface area contributed by atoms with Crippen LogP contribution in [0.2, 0.25) is 0 Å². The van der Waals surface area contributed by atoms with Gasteiger partial charge >= 0.3 is 6.03 Å². The minimum atomic E-state index is -0.269. The van der Waals surface area contributed by atoms with Crippen molar-refractivity contribution < 1.29 is 4.79 Å². The van der Waals surface area contributed by atoms with Gasteiger partial charge in [-0.25, -0.2) is 9.78 Å². The lowest BCUT2D eigenvalue weighted by Crippen LogP contribution is -2.19. The molecule has 0 saturated heterocycles. The minimum Gasteiger partial charge on any atom is -0.308 e. The first-order chi connectivity index (χ1) is 8.54. The standard InChI is InChI=1S/C13H15N3OS/c1-8-5-4-6-11(7-8)15-12(17)16-13-14-9(2)10(3)18-13/h4-7H,1-3H3,(H2,14,15,16,17). The van der Waals surface area contributed by atoms with Crippen LogP contribution in [0.4, 0.5) is 15.6 Å². The maximum absolute atomic E-state index is 11.8. The van der Waals surface area contributed by atoms with Crippen LogP contribution in [0.5, 0.6) is 0 Å². The molecule has 18 heavy (non-hydrogen) atoms. The zero-order valence-corrected chi connectivity index (χ0v) is 11.4. The summed E-state index contributed by atoms with van der Waals surface area (Å²) >= 11 is 1.47. The molecular formula is C13H15N3OS. The van der Waals surface area contributed by atoms with E-state index >= 15 is 0 Å². The highest BCUT2D eigenvalue weighted by molar-refractivity contribution is 7.15. The Balaban J connectivity index is 2.01. The van der Waals surface area contributed by atoms with Gasteiger partial charge in [0.15, 0.2) is 5.13 Å². The predicted octanol–water partition coefficient (Wildman–Crippen LogP) is 3.71. The van der Waals surface area contributed by atoms with Crippen molar-refractivity contribution in [3.05, 3.63) is 40.4 Å². The smallest absolute Gasteiger partial charge is 0.308 e. The molecule has 0 aliphatic rings. The average Bonchev–Trinajstić information content (AvgIpc) is 2.57. The second-order valence-electron chi connectivity index (χ2n) is 4.11. The number of rotatable bonds is 2. The van der Waals surface area contributed by atoms with Crippen molar-refractivity contribution in [2.75, 3.05) is 10.6 Å². The molecule has 1 heterocycles. The first-order valence-corrected chi connectivity index (χ1v) is 6.45. The molecule has 0 radical (unpaired) electrons. The van der Waals surface area contributed by atoms with Gasteiger partial charge in [-0.15, -0.1) is 11.3 Å². The molecule has 0 saturated carbocycles. The van der Waals surface area contributed by atoms with Crippen molar-refractivity contribution in [1.82, 2.24) is 4.98 Å². The molecule has 0 bridgehead atoms. The summed E-state index contributed by atoms with van der Waals surface area (Å²) in [5.74, 6) is 0. The van der Waals surface area contributed by atoms with Crippen LogP contribution in [0.3, 0.4) is 0 Å². The van der Waals surface area contributed by atoms with Gasteiger partial charge in [-0.2, -0.15) is 0 Å². The van der Waals surface area contributed by atoms with Crippen LogP contribution in [0, 0.1) is 20.8 Å². The fourth-order valence-corrected chi connectivity index (χ4v) is 2.32. The minimum absolute atomic E-state index is 0.269. The molecule has 0 atom stereocenters. The lowest BCUT2D eigenvalue weighted by Gasteiger charge is -2.05. The number of amides is 2. The Labute approximate surface area is 110 Å². The van der Waals surface area contributed by atoms with E-state index in [1.165, 1.54) is 11.3 Å². The topological polar surface area (TPSA) is 54.0 Å². The van der Waals surface area contributed by atoms with Gasteiger partial charge in [-0.05, 0) is 38.5 Å². The number of anilines is 2. The molecule has 0 aliphatic carbocycles. The maximum Gasteiger partial charge on any atom is 0.325 e. The second kappa shape index (κ2) is 5.18. The van der Waals surface area contributed by atoms with Crippen molar-refractivity contribution in [2.45, 2.75) is 20.8 Å². The summed E-state index contributed by atoms with van der Waals surface area (Å²) in [5, 5.41) is 6.13. The van der Waals surface area contributed by atoms with E-state index in [1.807, 2.05) is 45.0 Å². The molecular weight excluding hydrogens is 246 g/mol. The zero-order valence-electron chi connectivity index (χ0n) is 10.6. The first kappa shape index (κ1) is 12.6. The Bertz CT molecular complexity index is 558. The van der Waals surface area contributed by atoms with Gasteiger partial charge in [0.25, 0.3) is 0 Å². The monoisotopic (exact) mass is 261 g/mol. The molecule has 0 spiro atoms. The van der Waals surface area contributed by atoms with Crippen LogP contribution in [0.25, 0.3) is 0 Å². The normalized spacial score (nSPS) is 10.2. The largest absolute Gasteiger partial charge is 0.325 e. The molecule has 0 unspecified atom stereocenters. The van der Waals surface area contributed by atoms with Gasteiger partial charge in [-0.3, -0.25) is 5.32 Å². The third-order valence-electron chi connectivity index (χ3n) is 2.52. The van der Waals surface area contributed by atoms with Gasteiger partial charge in [0.1, 0.15) is 0 Å². The van der Waals surface area contributed by atoms with Crippen LogP contribution >= 0.6 is 11.3 Å². The van der Waals surface area contributed by atoms with Crippen molar-refractivity contribution >= 4 is 28.2 Å². The number of hydrogen-bond donors (Lipinski definition) is 2. The van der Waals surface area contributed by atoms with Gasteiger partial charge in [0.2, 0.25) is 0 Å². The number of benzene rings is 1. The van der Waals surface area contributed by atoms with Crippen LogP contribution in [-0.2, 0) is 0 Å². The fourth-order valence-electron chi connectivity index (χ4n) is 1.51. The number of carbonyl (C=O) groups is 1. The summed E-state index contributed by atoms with van der Waals surface area (Å²) < 4.78 is 0. The lowest BCUT2D eigenvalue weighted by atomic mass is 10.2. The highest BCUT2D eigenvalue weighted by Crippen LogP contribution is 2.21. The summed E-state index contributed by atoms with van der Waals surface area (Å²) in [6.45, 7) is 5.89. The van der Waals surface area contributed by atoms with Crippen molar-refractivity contribution in [3.63, 3.8) is 0 Å². The number of aryl methyl sites for hydroxylation is 3. The van der Waals surface area contributed by atoms with E-state index < -0.39 is 0 Å². The number of urea groups is 1. The Hall–Kier alpha value is -1.88. The molecule has 0 aliphatic heterocycles. The Morgan fingerprint density at radius 3 is 2.61 bits per heavy atom. The van der Waals surface area contributed by atoms with Crippen LogP contribution in [0.15, 0.2) is 24.3 Å². The third kappa shape index (κ3) is 3.07. The highest BCUT2D eigenvalue weighted by atomic mass is 32.1. The highest BCUT2D eigenvalue weighted by Gasteiger charge is 2.07. The molecule has 2 aromatic rings. The van der Waals surface area contributed by atoms with E-state index in [0.29, 0.717) is 5.13 Å². The summed E-state index contributed by atoms with van der Waals surface area (Å²) in [4.78, 5) is 17.1. The summed E-state index contributed by atoms with van der Waals surface area (Å²) in [6.07, 6.45) is 0. The van der Waals surface area contributed by atoms with Gasteiger partial charge in [0, 0.05) is 10.6 Å².